The lowest BCUT2D eigenvalue weighted by Crippen LogP contribution is -2.31. The molecule has 0 atom stereocenters. The number of hydrogen-bond acceptors (Lipinski definition) is 4. The maximum Gasteiger partial charge on any atom is 0.178 e. The van der Waals surface area contributed by atoms with Crippen molar-refractivity contribution in [2.24, 2.45) is 5.73 Å². The van der Waals surface area contributed by atoms with Gasteiger partial charge in [0.1, 0.15) is 4.60 Å². The zero-order valence-electron chi connectivity index (χ0n) is 7.90. The van der Waals surface area contributed by atoms with Crippen LogP contribution in [0.1, 0.15) is 19.7 Å². The van der Waals surface area contributed by atoms with Gasteiger partial charge in [-0.1, -0.05) is 0 Å². The minimum atomic E-state index is -0.548. The molecule has 0 amide bonds. The molecule has 0 spiro atoms. The number of aromatic nitrogens is 4. The first kappa shape index (κ1) is 9.54. The maximum absolute atomic E-state index is 5.94. The summed E-state index contributed by atoms with van der Waals surface area (Å²) in [5.41, 5.74) is 6.09. The molecule has 2 aromatic heterocycles. The number of halogens is 1. The third-order valence-corrected chi connectivity index (χ3v) is 2.23. The Bertz CT molecular complexity index is 470. The Morgan fingerprint density at radius 1 is 1.36 bits per heavy atom. The highest BCUT2D eigenvalue weighted by atomic mass is 79.9. The summed E-state index contributed by atoms with van der Waals surface area (Å²) in [5, 5.41) is 12.2. The van der Waals surface area contributed by atoms with E-state index in [0.717, 1.165) is 4.60 Å². The molecule has 0 aromatic carbocycles. The summed E-state index contributed by atoms with van der Waals surface area (Å²) < 4.78 is 2.37. The second-order valence-electron chi connectivity index (χ2n) is 3.67. The van der Waals surface area contributed by atoms with Gasteiger partial charge in [0.25, 0.3) is 0 Å². The van der Waals surface area contributed by atoms with Crippen molar-refractivity contribution in [1.82, 2.24) is 19.8 Å². The molecule has 0 saturated heterocycles. The van der Waals surface area contributed by atoms with E-state index in [9.17, 15) is 0 Å². The number of rotatable bonds is 1. The molecule has 74 valence electrons. The van der Waals surface area contributed by atoms with Crippen LogP contribution in [0.2, 0.25) is 0 Å². The predicted molar refractivity (Wildman–Crippen MR) is 55.7 cm³/mol. The lowest BCUT2D eigenvalue weighted by Gasteiger charge is -2.14. The molecular weight excluding hydrogens is 246 g/mol. The van der Waals surface area contributed by atoms with Crippen LogP contribution < -0.4 is 5.73 Å². The van der Waals surface area contributed by atoms with Crippen LogP contribution in [0, 0.1) is 0 Å². The van der Waals surface area contributed by atoms with Crippen LogP contribution in [-0.2, 0) is 5.54 Å². The van der Waals surface area contributed by atoms with E-state index in [0.29, 0.717) is 11.5 Å². The van der Waals surface area contributed by atoms with Crippen LogP contribution in [0.5, 0.6) is 0 Å². The van der Waals surface area contributed by atoms with Crippen LogP contribution in [0.25, 0.3) is 5.65 Å². The molecule has 0 radical (unpaired) electrons. The Morgan fingerprint density at radius 3 is 2.71 bits per heavy atom. The Kier molecular flexibility index (Phi) is 2.04. The van der Waals surface area contributed by atoms with Gasteiger partial charge in [-0.05, 0) is 41.9 Å². The van der Waals surface area contributed by atoms with Gasteiger partial charge >= 0.3 is 0 Å². The monoisotopic (exact) mass is 255 g/mol. The smallest absolute Gasteiger partial charge is 0.178 e. The van der Waals surface area contributed by atoms with E-state index in [1.54, 1.807) is 4.52 Å². The topological polar surface area (TPSA) is 69.1 Å². The molecular formula is C8H10BrN5. The van der Waals surface area contributed by atoms with Crippen LogP contribution in [0.3, 0.4) is 0 Å². The van der Waals surface area contributed by atoms with Crippen LogP contribution in [-0.4, -0.2) is 19.8 Å². The molecule has 2 heterocycles. The van der Waals surface area contributed by atoms with E-state index in [-0.39, 0.29) is 0 Å². The van der Waals surface area contributed by atoms with Gasteiger partial charge in [0.15, 0.2) is 11.5 Å². The van der Waals surface area contributed by atoms with E-state index >= 15 is 0 Å². The third kappa shape index (κ3) is 1.51. The van der Waals surface area contributed by atoms with Crippen LogP contribution in [0.4, 0.5) is 0 Å². The average Bonchev–Trinajstić information content (AvgIpc) is 2.45. The second-order valence-corrected chi connectivity index (χ2v) is 4.48. The molecule has 5 nitrogen and oxygen atoms in total. The van der Waals surface area contributed by atoms with Gasteiger partial charge in [-0.25, -0.2) is 0 Å². The first-order valence-electron chi connectivity index (χ1n) is 4.16. The molecule has 2 rings (SSSR count). The predicted octanol–water partition coefficient (Wildman–Crippen LogP) is 1.08. The SMILES string of the molecule is CC(C)(N)c1nnc2ccc(Br)nn12. The summed E-state index contributed by atoms with van der Waals surface area (Å²) in [6.45, 7) is 3.73. The van der Waals surface area contributed by atoms with Crippen LogP contribution in [0.15, 0.2) is 16.7 Å². The standard InChI is InChI=1S/C8H10BrN5/c1-8(2,10)7-12-11-6-4-3-5(9)13-14(6)7/h3-4H,10H2,1-2H3. The lowest BCUT2D eigenvalue weighted by molar-refractivity contribution is 0.497. The fourth-order valence-corrected chi connectivity index (χ4v) is 1.46. The zero-order valence-corrected chi connectivity index (χ0v) is 9.48. The fraction of sp³-hybridized carbons (Fsp3) is 0.375. The molecule has 6 heteroatoms. The van der Waals surface area contributed by atoms with Gasteiger partial charge in [0.2, 0.25) is 0 Å². The van der Waals surface area contributed by atoms with E-state index in [1.807, 2.05) is 26.0 Å². The summed E-state index contributed by atoms with van der Waals surface area (Å²) in [6.07, 6.45) is 0. The highest BCUT2D eigenvalue weighted by Crippen LogP contribution is 2.16. The van der Waals surface area contributed by atoms with Gasteiger partial charge < -0.3 is 5.73 Å². The number of fused-ring (bicyclic) bond motifs is 1. The van der Waals surface area contributed by atoms with Gasteiger partial charge in [0, 0.05) is 0 Å². The van der Waals surface area contributed by atoms with Crippen LogP contribution >= 0.6 is 15.9 Å². The van der Waals surface area contributed by atoms with E-state index in [1.165, 1.54) is 0 Å². The molecule has 0 bridgehead atoms. The Hall–Kier alpha value is -1.01. The number of nitrogens with zero attached hydrogens (tertiary/aromatic N) is 4. The summed E-state index contributed by atoms with van der Waals surface area (Å²) >= 11 is 3.29. The molecule has 0 unspecified atom stereocenters. The van der Waals surface area contributed by atoms with Gasteiger partial charge in [-0.2, -0.15) is 9.61 Å². The van der Waals surface area contributed by atoms with Crippen molar-refractivity contribution in [2.75, 3.05) is 0 Å². The fourth-order valence-electron chi connectivity index (χ4n) is 1.17. The van der Waals surface area contributed by atoms with Gasteiger partial charge in [0.05, 0.1) is 5.54 Å². The first-order chi connectivity index (χ1) is 6.48. The summed E-state index contributed by atoms with van der Waals surface area (Å²) in [7, 11) is 0. The highest BCUT2D eigenvalue weighted by Gasteiger charge is 2.22. The summed E-state index contributed by atoms with van der Waals surface area (Å²) in [5.74, 6) is 0.647. The van der Waals surface area contributed by atoms with Crippen molar-refractivity contribution >= 4 is 21.6 Å². The Labute approximate surface area is 89.4 Å². The van der Waals surface area contributed by atoms with Crippen molar-refractivity contribution in [3.8, 4) is 0 Å². The molecule has 0 saturated carbocycles. The highest BCUT2D eigenvalue weighted by molar-refractivity contribution is 9.10. The Balaban J connectivity index is 2.73. The van der Waals surface area contributed by atoms with Crippen molar-refractivity contribution < 1.29 is 0 Å². The number of nitrogens with two attached hydrogens (primary N) is 1. The zero-order chi connectivity index (χ0) is 10.3. The van der Waals surface area contributed by atoms with E-state index in [2.05, 4.69) is 31.2 Å². The molecule has 0 fully saturated rings. The number of hydrogen-bond donors (Lipinski definition) is 1. The largest absolute Gasteiger partial charge is 0.319 e. The molecule has 0 aliphatic rings. The van der Waals surface area contributed by atoms with Crippen molar-refractivity contribution in [3.63, 3.8) is 0 Å². The summed E-state index contributed by atoms with van der Waals surface area (Å²) in [6, 6.07) is 3.65. The molecule has 2 N–H and O–H groups in total. The van der Waals surface area contributed by atoms with Gasteiger partial charge in [-0.3, -0.25) is 0 Å². The van der Waals surface area contributed by atoms with Gasteiger partial charge in [-0.15, -0.1) is 10.2 Å². The molecule has 2 aromatic rings. The molecule has 0 aliphatic heterocycles. The third-order valence-electron chi connectivity index (χ3n) is 1.81. The second kappa shape index (κ2) is 2.99. The quantitative estimate of drug-likeness (QED) is 0.828. The summed E-state index contributed by atoms with van der Waals surface area (Å²) in [4.78, 5) is 0. The van der Waals surface area contributed by atoms with Crippen molar-refractivity contribution in [1.29, 1.82) is 0 Å². The van der Waals surface area contributed by atoms with Crippen molar-refractivity contribution in [2.45, 2.75) is 19.4 Å². The maximum atomic E-state index is 5.94. The minimum Gasteiger partial charge on any atom is -0.319 e. The normalized spacial score (nSPS) is 12.3. The molecule has 14 heavy (non-hydrogen) atoms. The Morgan fingerprint density at radius 2 is 2.07 bits per heavy atom. The first-order valence-corrected chi connectivity index (χ1v) is 4.95. The minimum absolute atomic E-state index is 0.548. The molecule has 0 aliphatic carbocycles. The average molecular weight is 256 g/mol. The van der Waals surface area contributed by atoms with E-state index < -0.39 is 5.54 Å². The van der Waals surface area contributed by atoms with Crippen molar-refractivity contribution in [3.05, 3.63) is 22.6 Å². The lowest BCUT2D eigenvalue weighted by atomic mass is 10.1. The van der Waals surface area contributed by atoms with E-state index in [4.69, 9.17) is 5.73 Å².